The molecule has 0 saturated carbocycles. The molecule has 0 aliphatic carbocycles. The van der Waals surface area contributed by atoms with Gasteiger partial charge in [0.25, 0.3) is 0 Å². The van der Waals surface area contributed by atoms with E-state index in [1.807, 2.05) is 6.92 Å². The Morgan fingerprint density at radius 1 is 1.47 bits per heavy atom. The average molecular weight is 238 g/mol. The Morgan fingerprint density at radius 3 is 2.76 bits per heavy atom. The molecule has 0 aliphatic heterocycles. The van der Waals surface area contributed by atoms with Crippen LogP contribution in [0.5, 0.6) is 0 Å². The minimum absolute atomic E-state index is 0.0833. The summed E-state index contributed by atoms with van der Waals surface area (Å²) in [5, 5.41) is 2.70. The van der Waals surface area contributed by atoms with Crippen molar-refractivity contribution in [1.82, 2.24) is 10.2 Å². The molecule has 1 heterocycles. The zero-order chi connectivity index (χ0) is 12.7. The van der Waals surface area contributed by atoms with Crippen LogP contribution in [0.15, 0.2) is 22.8 Å². The number of nitrogens with zero attached hydrogens (tertiary/aromatic N) is 1. The molecule has 2 amide bonds. The molecule has 1 N–H and O–H groups in total. The second-order valence-electron chi connectivity index (χ2n) is 3.80. The van der Waals surface area contributed by atoms with Crippen molar-refractivity contribution in [3.63, 3.8) is 0 Å². The number of rotatable bonds is 6. The summed E-state index contributed by atoms with van der Waals surface area (Å²) in [5.41, 5.74) is 0. The fourth-order valence-corrected chi connectivity index (χ4v) is 1.45. The van der Waals surface area contributed by atoms with Gasteiger partial charge in [0.1, 0.15) is 5.76 Å². The Labute approximate surface area is 101 Å². The Balaban J connectivity index is 2.34. The van der Waals surface area contributed by atoms with Crippen molar-refractivity contribution >= 4 is 11.8 Å². The molecule has 0 spiro atoms. The van der Waals surface area contributed by atoms with Crippen LogP contribution in [0.4, 0.5) is 0 Å². The van der Waals surface area contributed by atoms with Crippen LogP contribution >= 0.6 is 0 Å². The predicted molar refractivity (Wildman–Crippen MR) is 63.1 cm³/mol. The number of carbonyl (C=O) groups excluding carboxylic acids is 2. The summed E-state index contributed by atoms with van der Waals surface area (Å²) in [6.07, 6.45) is 2.39. The van der Waals surface area contributed by atoms with E-state index in [1.54, 1.807) is 18.4 Å². The smallest absolute Gasteiger partial charge is 0.240 e. The van der Waals surface area contributed by atoms with E-state index in [1.165, 1.54) is 11.8 Å². The van der Waals surface area contributed by atoms with Crippen molar-refractivity contribution in [1.29, 1.82) is 0 Å². The summed E-state index contributed by atoms with van der Waals surface area (Å²) in [7, 11) is 0. The van der Waals surface area contributed by atoms with Crippen LogP contribution in [0.3, 0.4) is 0 Å². The van der Waals surface area contributed by atoms with E-state index >= 15 is 0 Å². The summed E-state index contributed by atoms with van der Waals surface area (Å²) in [5.74, 6) is 0.438. The first kappa shape index (κ1) is 13.3. The highest BCUT2D eigenvalue weighted by Gasteiger charge is 2.12. The highest BCUT2D eigenvalue weighted by atomic mass is 16.3. The van der Waals surface area contributed by atoms with E-state index < -0.39 is 0 Å². The monoisotopic (exact) mass is 238 g/mol. The fourth-order valence-electron chi connectivity index (χ4n) is 1.45. The van der Waals surface area contributed by atoms with Crippen molar-refractivity contribution < 1.29 is 14.0 Å². The van der Waals surface area contributed by atoms with Gasteiger partial charge in [0.15, 0.2) is 0 Å². The molecule has 1 aromatic heterocycles. The third-order valence-corrected chi connectivity index (χ3v) is 2.31. The molecule has 94 valence electrons. The zero-order valence-corrected chi connectivity index (χ0v) is 10.2. The molecule has 0 bridgehead atoms. The van der Waals surface area contributed by atoms with Gasteiger partial charge < -0.3 is 14.6 Å². The van der Waals surface area contributed by atoms with Crippen LogP contribution in [0.25, 0.3) is 0 Å². The second kappa shape index (κ2) is 6.73. The lowest BCUT2D eigenvalue weighted by atomic mass is 10.3. The molecular weight excluding hydrogens is 220 g/mol. The predicted octanol–water partition coefficient (Wildman–Crippen LogP) is 1.15. The molecule has 5 heteroatoms. The van der Waals surface area contributed by atoms with E-state index in [2.05, 4.69) is 5.32 Å². The molecule has 5 nitrogen and oxygen atoms in total. The SMILES string of the molecule is CCCN(CC(=O)NCc1ccco1)C(C)=O. The number of carbonyl (C=O) groups is 2. The van der Waals surface area contributed by atoms with Gasteiger partial charge in [-0.1, -0.05) is 6.92 Å². The van der Waals surface area contributed by atoms with Crippen LogP contribution < -0.4 is 5.32 Å². The van der Waals surface area contributed by atoms with Crippen molar-refractivity contribution in [3.05, 3.63) is 24.2 Å². The van der Waals surface area contributed by atoms with E-state index in [0.717, 1.165) is 6.42 Å². The first-order valence-corrected chi connectivity index (χ1v) is 5.68. The van der Waals surface area contributed by atoms with Gasteiger partial charge in [-0.05, 0) is 18.6 Å². The molecule has 0 saturated heterocycles. The summed E-state index contributed by atoms with van der Waals surface area (Å²) in [4.78, 5) is 24.3. The van der Waals surface area contributed by atoms with Crippen molar-refractivity contribution in [2.75, 3.05) is 13.1 Å². The Morgan fingerprint density at radius 2 is 2.24 bits per heavy atom. The molecular formula is C12H18N2O3. The molecule has 0 atom stereocenters. The minimum Gasteiger partial charge on any atom is -0.467 e. The largest absolute Gasteiger partial charge is 0.467 e. The molecule has 0 radical (unpaired) electrons. The van der Waals surface area contributed by atoms with Gasteiger partial charge in [0, 0.05) is 13.5 Å². The summed E-state index contributed by atoms with van der Waals surface area (Å²) in [6.45, 7) is 4.49. The van der Waals surface area contributed by atoms with Gasteiger partial charge in [-0.2, -0.15) is 0 Å². The third kappa shape index (κ3) is 4.72. The van der Waals surface area contributed by atoms with Crippen LogP contribution in [0.1, 0.15) is 26.0 Å². The molecule has 17 heavy (non-hydrogen) atoms. The van der Waals surface area contributed by atoms with Crippen molar-refractivity contribution in [2.45, 2.75) is 26.8 Å². The first-order chi connectivity index (χ1) is 8.13. The Kier molecular flexibility index (Phi) is 5.26. The number of nitrogens with one attached hydrogen (secondary N) is 1. The topological polar surface area (TPSA) is 62.6 Å². The highest BCUT2D eigenvalue weighted by molar-refractivity contribution is 5.83. The Hall–Kier alpha value is -1.78. The van der Waals surface area contributed by atoms with Gasteiger partial charge in [-0.3, -0.25) is 9.59 Å². The van der Waals surface area contributed by atoms with Crippen LogP contribution in [-0.2, 0) is 16.1 Å². The average Bonchev–Trinajstić information content (AvgIpc) is 2.78. The van der Waals surface area contributed by atoms with Crippen LogP contribution in [-0.4, -0.2) is 29.8 Å². The highest BCUT2D eigenvalue weighted by Crippen LogP contribution is 1.99. The lowest BCUT2D eigenvalue weighted by Gasteiger charge is -2.19. The quantitative estimate of drug-likeness (QED) is 0.808. The summed E-state index contributed by atoms with van der Waals surface area (Å²) in [6, 6.07) is 3.55. The zero-order valence-electron chi connectivity index (χ0n) is 10.2. The van der Waals surface area contributed by atoms with E-state index in [4.69, 9.17) is 4.42 Å². The maximum atomic E-state index is 11.6. The van der Waals surface area contributed by atoms with E-state index in [-0.39, 0.29) is 18.4 Å². The number of hydrogen-bond donors (Lipinski definition) is 1. The molecule has 0 aromatic carbocycles. The standard InChI is InChI=1S/C12H18N2O3/c1-3-6-14(10(2)15)9-12(16)13-8-11-5-4-7-17-11/h4-5,7H,3,6,8-9H2,1-2H3,(H,13,16). The lowest BCUT2D eigenvalue weighted by molar-refractivity contribution is -0.134. The van der Waals surface area contributed by atoms with Gasteiger partial charge >= 0.3 is 0 Å². The first-order valence-electron chi connectivity index (χ1n) is 5.68. The Bertz CT molecular complexity index is 360. The maximum absolute atomic E-state index is 11.6. The van der Waals surface area contributed by atoms with Gasteiger partial charge in [0.2, 0.25) is 11.8 Å². The summed E-state index contributed by atoms with van der Waals surface area (Å²) < 4.78 is 5.09. The van der Waals surface area contributed by atoms with Gasteiger partial charge in [0.05, 0.1) is 19.4 Å². The number of hydrogen-bond acceptors (Lipinski definition) is 3. The molecule has 0 unspecified atom stereocenters. The molecule has 0 aliphatic rings. The van der Waals surface area contributed by atoms with Crippen LogP contribution in [0, 0.1) is 0 Å². The maximum Gasteiger partial charge on any atom is 0.240 e. The number of furan rings is 1. The molecule has 1 rings (SSSR count). The lowest BCUT2D eigenvalue weighted by Crippen LogP contribution is -2.39. The van der Waals surface area contributed by atoms with Gasteiger partial charge in [-0.15, -0.1) is 0 Å². The normalized spacial score (nSPS) is 10.0. The molecule has 1 aromatic rings. The second-order valence-corrected chi connectivity index (χ2v) is 3.80. The minimum atomic E-state index is -0.176. The van der Waals surface area contributed by atoms with Crippen LogP contribution in [0.2, 0.25) is 0 Å². The third-order valence-electron chi connectivity index (χ3n) is 2.31. The van der Waals surface area contributed by atoms with E-state index in [9.17, 15) is 9.59 Å². The van der Waals surface area contributed by atoms with E-state index in [0.29, 0.717) is 18.8 Å². The molecule has 0 fully saturated rings. The summed E-state index contributed by atoms with van der Waals surface area (Å²) >= 11 is 0. The van der Waals surface area contributed by atoms with Crippen molar-refractivity contribution in [3.8, 4) is 0 Å². The fraction of sp³-hybridized carbons (Fsp3) is 0.500. The number of amides is 2. The van der Waals surface area contributed by atoms with Crippen molar-refractivity contribution in [2.24, 2.45) is 0 Å². The van der Waals surface area contributed by atoms with Gasteiger partial charge in [-0.25, -0.2) is 0 Å².